The summed E-state index contributed by atoms with van der Waals surface area (Å²) in [6.45, 7) is 0.807. The predicted molar refractivity (Wildman–Crippen MR) is 106 cm³/mol. The molecule has 144 valence electrons. The van der Waals surface area contributed by atoms with Gasteiger partial charge in [0.2, 0.25) is 0 Å². The number of hydrogen-bond donors (Lipinski definition) is 0. The van der Waals surface area contributed by atoms with Crippen LogP contribution in [0.15, 0.2) is 78.9 Å². The van der Waals surface area contributed by atoms with Crippen LogP contribution in [0.5, 0.6) is 0 Å². The molecule has 4 rings (SSSR count). The van der Waals surface area contributed by atoms with Gasteiger partial charge in [0.15, 0.2) is 0 Å². The summed E-state index contributed by atoms with van der Waals surface area (Å²) in [4.78, 5) is 2.26. The Morgan fingerprint density at radius 2 is 1.50 bits per heavy atom. The van der Waals surface area contributed by atoms with Crippen molar-refractivity contribution in [3.05, 3.63) is 101 Å². The van der Waals surface area contributed by atoms with E-state index in [1.54, 1.807) is 12.1 Å². The zero-order valence-corrected chi connectivity index (χ0v) is 15.5. The van der Waals surface area contributed by atoms with E-state index in [0.29, 0.717) is 0 Å². The van der Waals surface area contributed by atoms with Gasteiger partial charge in [-0.3, -0.25) is 0 Å². The van der Waals surface area contributed by atoms with E-state index in [1.165, 1.54) is 28.8 Å². The molecule has 0 saturated heterocycles. The topological polar surface area (TPSA) is 3.24 Å². The lowest BCUT2D eigenvalue weighted by atomic mass is 9.88. The smallest absolute Gasteiger partial charge is 0.364 e. The van der Waals surface area contributed by atoms with Gasteiger partial charge in [0.1, 0.15) is 0 Å². The van der Waals surface area contributed by atoms with Crippen LogP contribution in [0.4, 0.5) is 18.9 Å². The second kappa shape index (κ2) is 7.70. The number of halogens is 3. The molecule has 0 N–H and O–H groups in total. The number of alkyl halides is 3. The third-order valence-corrected chi connectivity index (χ3v) is 5.49. The van der Waals surface area contributed by atoms with Crippen molar-refractivity contribution in [2.75, 3.05) is 11.4 Å². The summed E-state index contributed by atoms with van der Waals surface area (Å²) in [5, 5.41) is 0. The van der Waals surface area contributed by atoms with E-state index >= 15 is 0 Å². The largest absolute Gasteiger partial charge is 0.416 e. The maximum Gasteiger partial charge on any atom is 0.416 e. The Morgan fingerprint density at radius 1 is 0.821 bits per heavy atom. The molecule has 1 aliphatic heterocycles. The Labute approximate surface area is 163 Å². The van der Waals surface area contributed by atoms with Crippen molar-refractivity contribution >= 4 is 5.69 Å². The highest BCUT2D eigenvalue weighted by atomic mass is 19.4. The summed E-state index contributed by atoms with van der Waals surface area (Å²) in [6, 6.07) is 24.5. The molecule has 0 aliphatic carbocycles. The standard InChI is InChI=1S/C24H22F3N/c25-24(26,27)20-11-13-21(14-12-20)28-17-16-19-8-4-5-9-22(19)23(28)15-10-18-6-2-1-3-7-18/h1-9,11-14,23H,10,15-17H2. The number of aryl methyl sites for hydroxylation is 1. The predicted octanol–water partition coefficient (Wildman–Crippen LogP) is 6.44. The van der Waals surface area contributed by atoms with Crippen LogP contribution in [0.25, 0.3) is 0 Å². The lowest BCUT2D eigenvalue weighted by Crippen LogP contribution is -2.35. The highest BCUT2D eigenvalue weighted by molar-refractivity contribution is 5.53. The molecule has 4 heteroatoms. The average molecular weight is 381 g/mol. The lowest BCUT2D eigenvalue weighted by molar-refractivity contribution is -0.137. The van der Waals surface area contributed by atoms with Crippen LogP contribution in [0.3, 0.4) is 0 Å². The van der Waals surface area contributed by atoms with E-state index in [1.807, 2.05) is 24.3 Å². The summed E-state index contributed by atoms with van der Waals surface area (Å²) in [6.07, 6.45) is -1.56. The molecule has 0 amide bonds. The monoisotopic (exact) mass is 381 g/mol. The zero-order chi connectivity index (χ0) is 19.6. The van der Waals surface area contributed by atoms with Crippen molar-refractivity contribution < 1.29 is 13.2 Å². The highest BCUT2D eigenvalue weighted by Crippen LogP contribution is 2.38. The summed E-state index contributed by atoms with van der Waals surface area (Å²) in [5.74, 6) is 0. The molecule has 0 saturated carbocycles. The van der Waals surface area contributed by atoms with Gasteiger partial charge >= 0.3 is 6.18 Å². The van der Waals surface area contributed by atoms with Crippen molar-refractivity contribution in [2.24, 2.45) is 0 Å². The molecular formula is C24H22F3N. The molecule has 1 unspecified atom stereocenters. The number of nitrogens with zero attached hydrogens (tertiary/aromatic N) is 1. The fourth-order valence-corrected chi connectivity index (χ4v) is 4.06. The van der Waals surface area contributed by atoms with Gasteiger partial charge in [-0.2, -0.15) is 13.2 Å². The highest BCUT2D eigenvalue weighted by Gasteiger charge is 2.31. The van der Waals surface area contributed by atoms with Gasteiger partial charge < -0.3 is 4.90 Å². The normalized spacial score (nSPS) is 16.7. The number of fused-ring (bicyclic) bond motifs is 1. The van der Waals surface area contributed by atoms with Gasteiger partial charge in [-0.1, -0.05) is 54.6 Å². The third kappa shape index (κ3) is 3.91. The van der Waals surface area contributed by atoms with E-state index in [2.05, 4.69) is 35.2 Å². The first-order chi connectivity index (χ1) is 13.5. The molecule has 3 aromatic carbocycles. The van der Waals surface area contributed by atoms with Gasteiger partial charge in [0, 0.05) is 12.2 Å². The van der Waals surface area contributed by atoms with Crippen molar-refractivity contribution in [1.29, 1.82) is 0 Å². The number of hydrogen-bond acceptors (Lipinski definition) is 1. The molecule has 0 radical (unpaired) electrons. The summed E-state index contributed by atoms with van der Waals surface area (Å²) < 4.78 is 38.8. The van der Waals surface area contributed by atoms with E-state index < -0.39 is 11.7 Å². The van der Waals surface area contributed by atoms with E-state index in [-0.39, 0.29) is 6.04 Å². The Morgan fingerprint density at radius 3 is 2.21 bits per heavy atom. The van der Waals surface area contributed by atoms with Gasteiger partial charge in [0.05, 0.1) is 11.6 Å². The third-order valence-electron chi connectivity index (χ3n) is 5.49. The van der Waals surface area contributed by atoms with Gasteiger partial charge in [-0.25, -0.2) is 0 Å². The first kappa shape index (κ1) is 18.6. The fourth-order valence-electron chi connectivity index (χ4n) is 4.06. The van der Waals surface area contributed by atoms with Crippen molar-refractivity contribution in [3.8, 4) is 0 Å². The minimum Gasteiger partial charge on any atom is -0.364 e. The molecular weight excluding hydrogens is 359 g/mol. The molecule has 1 nitrogen and oxygen atoms in total. The molecule has 0 spiro atoms. The van der Waals surface area contributed by atoms with Crippen molar-refractivity contribution in [1.82, 2.24) is 0 Å². The molecule has 0 fully saturated rings. The first-order valence-electron chi connectivity index (χ1n) is 9.58. The molecule has 0 aromatic heterocycles. The molecule has 1 heterocycles. The van der Waals surface area contributed by atoms with Crippen LogP contribution in [-0.4, -0.2) is 6.54 Å². The first-order valence-corrected chi connectivity index (χ1v) is 9.58. The van der Waals surface area contributed by atoms with Crippen LogP contribution < -0.4 is 4.90 Å². The quantitative estimate of drug-likeness (QED) is 0.502. The minimum absolute atomic E-state index is 0.155. The van der Waals surface area contributed by atoms with Crippen molar-refractivity contribution in [3.63, 3.8) is 0 Å². The average Bonchev–Trinajstić information content (AvgIpc) is 2.72. The summed E-state index contributed by atoms with van der Waals surface area (Å²) >= 11 is 0. The fraction of sp³-hybridized carbons (Fsp3) is 0.250. The number of rotatable bonds is 4. The van der Waals surface area contributed by atoms with E-state index in [9.17, 15) is 13.2 Å². The molecule has 1 aliphatic rings. The van der Waals surface area contributed by atoms with E-state index in [4.69, 9.17) is 0 Å². The van der Waals surface area contributed by atoms with E-state index in [0.717, 1.165) is 31.5 Å². The van der Waals surface area contributed by atoms with Crippen LogP contribution in [0, 0.1) is 0 Å². The lowest BCUT2D eigenvalue weighted by Gasteiger charge is -2.39. The second-order valence-corrected chi connectivity index (χ2v) is 7.23. The van der Waals surface area contributed by atoms with Gasteiger partial charge in [-0.05, 0) is 60.2 Å². The maximum atomic E-state index is 12.9. The van der Waals surface area contributed by atoms with Gasteiger partial charge in [-0.15, -0.1) is 0 Å². The van der Waals surface area contributed by atoms with Crippen molar-refractivity contribution in [2.45, 2.75) is 31.5 Å². The SMILES string of the molecule is FC(F)(F)c1ccc(N2CCc3ccccc3C2CCc2ccccc2)cc1. The number of anilines is 1. The minimum atomic E-state index is -4.31. The molecule has 28 heavy (non-hydrogen) atoms. The Hall–Kier alpha value is -2.75. The number of benzene rings is 3. The molecule has 0 bridgehead atoms. The van der Waals surface area contributed by atoms with Crippen LogP contribution in [-0.2, 0) is 19.0 Å². The van der Waals surface area contributed by atoms with Crippen LogP contribution in [0.1, 0.15) is 34.7 Å². The molecule has 3 aromatic rings. The maximum absolute atomic E-state index is 12.9. The Bertz CT molecular complexity index is 917. The zero-order valence-electron chi connectivity index (χ0n) is 15.5. The van der Waals surface area contributed by atoms with Gasteiger partial charge in [0.25, 0.3) is 0 Å². The molecule has 1 atom stereocenters. The Kier molecular flexibility index (Phi) is 5.12. The Balaban J connectivity index is 1.63. The summed E-state index contributed by atoms with van der Waals surface area (Å²) in [5.41, 5.74) is 4.14. The van der Waals surface area contributed by atoms with Crippen LogP contribution >= 0.6 is 0 Å². The van der Waals surface area contributed by atoms with Crippen LogP contribution in [0.2, 0.25) is 0 Å². The summed E-state index contributed by atoms with van der Waals surface area (Å²) in [7, 11) is 0. The second-order valence-electron chi connectivity index (χ2n) is 7.23.